The van der Waals surface area contributed by atoms with Crippen molar-refractivity contribution < 1.29 is 14.7 Å². The van der Waals surface area contributed by atoms with E-state index in [1.165, 1.54) is 0 Å². The van der Waals surface area contributed by atoms with Crippen molar-refractivity contribution >= 4 is 11.8 Å². The summed E-state index contributed by atoms with van der Waals surface area (Å²) in [4.78, 5) is 23.8. The molecule has 2 rings (SSSR count). The predicted octanol–water partition coefficient (Wildman–Crippen LogP) is 1.75. The summed E-state index contributed by atoms with van der Waals surface area (Å²) in [6.07, 6.45) is 2.44. The number of benzene rings is 1. The van der Waals surface area contributed by atoms with Gasteiger partial charge < -0.3 is 15.7 Å². The van der Waals surface area contributed by atoms with Crippen molar-refractivity contribution in [2.24, 2.45) is 0 Å². The summed E-state index contributed by atoms with van der Waals surface area (Å²) in [5.41, 5.74) is 0.975. The van der Waals surface area contributed by atoms with E-state index in [1.54, 1.807) is 12.1 Å². The van der Waals surface area contributed by atoms with Gasteiger partial charge in [0.05, 0.1) is 12.1 Å². The minimum absolute atomic E-state index is 0.0384. The fraction of sp³-hybridized carbons (Fsp3) is 0.556. The van der Waals surface area contributed by atoms with Crippen LogP contribution in [-0.2, 0) is 10.2 Å². The first kappa shape index (κ1) is 17.5. The minimum Gasteiger partial charge on any atom is -0.388 e. The summed E-state index contributed by atoms with van der Waals surface area (Å²) in [7, 11) is 0. The van der Waals surface area contributed by atoms with Crippen molar-refractivity contribution in [1.82, 2.24) is 10.6 Å². The number of carbonyl (C=O) groups excluding carboxylic acids is 2. The monoisotopic (exact) mass is 318 g/mol. The first-order valence-corrected chi connectivity index (χ1v) is 8.07. The molecular weight excluding hydrogens is 292 g/mol. The summed E-state index contributed by atoms with van der Waals surface area (Å²) in [5.74, 6) is -0.562. The van der Waals surface area contributed by atoms with Crippen LogP contribution in [0, 0.1) is 0 Å². The summed E-state index contributed by atoms with van der Waals surface area (Å²) in [5, 5.41) is 15.2. The minimum atomic E-state index is -0.748. The second-order valence-electron chi connectivity index (χ2n) is 7.36. The lowest BCUT2D eigenvalue weighted by Crippen LogP contribution is -2.49. The number of carbonyl (C=O) groups is 2. The van der Waals surface area contributed by atoms with Crippen LogP contribution in [0.3, 0.4) is 0 Å². The number of hydrogen-bond acceptors (Lipinski definition) is 3. The molecule has 1 aromatic rings. The third-order valence-corrected chi connectivity index (χ3v) is 4.32. The highest BCUT2D eigenvalue weighted by molar-refractivity contribution is 5.96. The van der Waals surface area contributed by atoms with Crippen LogP contribution in [0.25, 0.3) is 0 Å². The van der Waals surface area contributed by atoms with E-state index in [4.69, 9.17) is 0 Å². The fourth-order valence-electron chi connectivity index (χ4n) is 2.47. The molecule has 0 bridgehead atoms. The Balaban J connectivity index is 1.79. The number of hydrogen-bond donors (Lipinski definition) is 3. The molecule has 23 heavy (non-hydrogen) atoms. The Bertz CT molecular complexity index is 569. The van der Waals surface area contributed by atoms with Crippen molar-refractivity contribution in [3.8, 4) is 0 Å². The van der Waals surface area contributed by atoms with Gasteiger partial charge in [-0.1, -0.05) is 32.9 Å². The molecule has 1 fully saturated rings. The number of nitrogens with one attached hydrogen (secondary N) is 2. The zero-order chi connectivity index (χ0) is 17.1. The average molecular weight is 318 g/mol. The van der Waals surface area contributed by atoms with Gasteiger partial charge in [-0.15, -0.1) is 0 Å². The van der Waals surface area contributed by atoms with Crippen molar-refractivity contribution in [3.63, 3.8) is 0 Å². The quantitative estimate of drug-likeness (QED) is 0.774. The average Bonchev–Trinajstić information content (AvgIpc) is 2.48. The zero-order valence-corrected chi connectivity index (χ0v) is 14.1. The van der Waals surface area contributed by atoms with Gasteiger partial charge in [0.15, 0.2) is 0 Å². The lowest BCUT2D eigenvalue weighted by molar-refractivity contribution is -0.122. The van der Waals surface area contributed by atoms with E-state index >= 15 is 0 Å². The lowest BCUT2D eigenvalue weighted by atomic mass is 9.80. The van der Waals surface area contributed by atoms with Crippen LogP contribution in [-0.4, -0.2) is 35.6 Å². The number of amides is 2. The molecule has 5 heteroatoms. The van der Waals surface area contributed by atoms with Crippen LogP contribution in [0.2, 0.25) is 0 Å². The maximum absolute atomic E-state index is 12.0. The first-order valence-electron chi connectivity index (χ1n) is 8.07. The van der Waals surface area contributed by atoms with E-state index in [0.717, 1.165) is 24.8 Å². The SMILES string of the molecule is CC(C)(C)c1ccc(C(=O)NCC(=O)NCC2(O)CCC2)cc1. The van der Waals surface area contributed by atoms with E-state index in [9.17, 15) is 14.7 Å². The second kappa shape index (κ2) is 6.71. The van der Waals surface area contributed by atoms with Gasteiger partial charge in [0.1, 0.15) is 0 Å². The molecule has 126 valence electrons. The molecule has 0 aliphatic heterocycles. The van der Waals surface area contributed by atoms with Gasteiger partial charge in [-0.2, -0.15) is 0 Å². The summed E-state index contributed by atoms with van der Waals surface area (Å²) < 4.78 is 0. The van der Waals surface area contributed by atoms with Gasteiger partial charge in [0, 0.05) is 12.1 Å². The Labute approximate surface area is 137 Å². The molecule has 1 aliphatic rings. The van der Waals surface area contributed by atoms with Gasteiger partial charge in [0.25, 0.3) is 5.91 Å². The number of aliphatic hydroxyl groups is 1. The maximum atomic E-state index is 12.0. The third-order valence-electron chi connectivity index (χ3n) is 4.32. The molecule has 0 saturated heterocycles. The smallest absolute Gasteiger partial charge is 0.251 e. The maximum Gasteiger partial charge on any atom is 0.251 e. The molecule has 1 saturated carbocycles. The summed E-state index contributed by atoms with van der Waals surface area (Å²) in [6.45, 7) is 6.51. The lowest BCUT2D eigenvalue weighted by Gasteiger charge is -2.36. The Morgan fingerprint density at radius 3 is 2.22 bits per heavy atom. The van der Waals surface area contributed by atoms with Crippen molar-refractivity contribution in [2.75, 3.05) is 13.1 Å². The molecular formula is C18H26N2O3. The predicted molar refractivity (Wildman–Crippen MR) is 89.3 cm³/mol. The van der Waals surface area contributed by atoms with Crippen molar-refractivity contribution in [1.29, 1.82) is 0 Å². The largest absolute Gasteiger partial charge is 0.388 e. The second-order valence-corrected chi connectivity index (χ2v) is 7.36. The summed E-state index contributed by atoms with van der Waals surface area (Å²) >= 11 is 0. The molecule has 0 heterocycles. The van der Waals surface area contributed by atoms with Gasteiger partial charge >= 0.3 is 0 Å². The van der Waals surface area contributed by atoms with E-state index in [-0.39, 0.29) is 30.3 Å². The van der Waals surface area contributed by atoms with E-state index < -0.39 is 5.60 Å². The molecule has 1 aromatic carbocycles. The molecule has 0 spiro atoms. The zero-order valence-electron chi connectivity index (χ0n) is 14.1. The van der Waals surface area contributed by atoms with E-state index in [1.807, 2.05) is 12.1 Å². The molecule has 0 unspecified atom stereocenters. The van der Waals surface area contributed by atoms with Crippen LogP contribution in [0.4, 0.5) is 0 Å². The van der Waals surface area contributed by atoms with Gasteiger partial charge in [-0.05, 0) is 42.4 Å². The number of rotatable bonds is 5. The highest BCUT2D eigenvalue weighted by Crippen LogP contribution is 2.30. The Morgan fingerprint density at radius 1 is 1.13 bits per heavy atom. The van der Waals surface area contributed by atoms with Crippen LogP contribution >= 0.6 is 0 Å². The van der Waals surface area contributed by atoms with Crippen LogP contribution in [0.1, 0.15) is 56.0 Å². The Morgan fingerprint density at radius 2 is 1.74 bits per heavy atom. The highest BCUT2D eigenvalue weighted by atomic mass is 16.3. The normalized spacial score (nSPS) is 16.3. The highest BCUT2D eigenvalue weighted by Gasteiger charge is 2.34. The van der Waals surface area contributed by atoms with Crippen molar-refractivity contribution in [3.05, 3.63) is 35.4 Å². The molecule has 1 aliphatic carbocycles. The molecule has 0 aromatic heterocycles. The first-order chi connectivity index (χ1) is 10.7. The van der Waals surface area contributed by atoms with Gasteiger partial charge in [-0.3, -0.25) is 9.59 Å². The topological polar surface area (TPSA) is 78.4 Å². The fourth-order valence-corrected chi connectivity index (χ4v) is 2.47. The Kier molecular flexibility index (Phi) is 5.09. The van der Waals surface area contributed by atoms with Crippen LogP contribution in [0.5, 0.6) is 0 Å². The molecule has 5 nitrogen and oxygen atoms in total. The van der Waals surface area contributed by atoms with E-state index in [2.05, 4.69) is 31.4 Å². The van der Waals surface area contributed by atoms with Gasteiger partial charge in [-0.25, -0.2) is 0 Å². The summed E-state index contributed by atoms with van der Waals surface area (Å²) in [6, 6.07) is 7.40. The molecule has 0 atom stereocenters. The standard InChI is InChI=1S/C18H26N2O3/c1-17(2,3)14-7-5-13(6-8-14)16(22)19-11-15(21)20-12-18(23)9-4-10-18/h5-8,23H,4,9-12H2,1-3H3,(H,19,22)(H,20,21). The molecule has 0 radical (unpaired) electrons. The van der Waals surface area contributed by atoms with Crippen LogP contribution < -0.4 is 10.6 Å². The molecule has 3 N–H and O–H groups in total. The van der Waals surface area contributed by atoms with E-state index in [0.29, 0.717) is 5.56 Å². The van der Waals surface area contributed by atoms with Crippen molar-refractivity contribution in [2.45, 2.75) is 51.0 Å². The third kappa shape index (κ3) is 4.79. The Hall–Kier alpha value is -1.88. The van der Waals surface area contributed by atoms with Crippen LogP contribution in [0.15, 0.2) is 24.3 Å². The molecule has 2 amide bonds. The van der Waals surface area contributed by atoms with Gasteiger partial charge in [0.2, 0.25) is 5.91 Å².